The van der Waals surface area contributed by atoms with Crippen LogP contribution in [0, 0.1) is 5.92 Å². The maximum atomic E-state index is 11.7. The van der Waals surface area contributed by atoms with Crippen LogP contribution in [0.25, 0.3) is 0 Å². The molecular weight excluding hydrogens is 228 g/mol. The fourth-order valence-electron chi connectivity index (χ4n) is 2.97. The average molecular weight is 254 g/mol. The van der Waals surface area contributed by atoms with E-state index in [0.29, 0.717) is 18.5 Å². The highest BCUT2D eigenvalue weighted by Gasteiger charge is 2.48. The molecule has 2 atom stereocenters. The standard InChI is InChI=1S/C13H26N4O/c1-16(2)11-4-3-7-17(8-11)9-13(15,12(14)18)10-5-6-10/h10-11H,3-9,15H2,1-2H3,(H2,14,18). The second-order valence-corrected chi connectivity index (χ2v) is 6.17. The van der Waals surface area contributed by atoms with Crippen molar-refractivity contribution in [2.24, 2.45) is 17.4 Å². The zero-order valence-electron chi connectivity index (χ0n) is 11.6. The van der Waals surface area contributed by atoms with Crippen molar-refractivity contribution >= 4 is 5.91 Å². The van der Waals surface area contributed by atoms with Gasteiger partial charge in [-0.25, -0.2) is 0 Å². The minimum Gasteiger partial charge on any atom is -0.368 e. The van der Waals surface area contributed by atoms with Gasteiger partial charge in [-0.1, -0.05) is 0 Å². The molecule has 1 saturated heterocycles. The Morgan fingerprint density at radius 1 is 1.39 bits per heavy atom. The van der Waals surface area contributed by atoms with Gasteiger partial charge in [0.05, 0.1) is 0 Å². The molecular formula is C13H26N4O. The highest BCUT2D eigenvalue weighted by Crippen LogP contribution is 2.39. The van der Waals surface area contributed by atoms with E-state index in [2.05, 4.69) is 23.9 Å². The number of piperidine rings is 1. The highest BCUT2D eigenvalue weighted by molar-refractivity contribution is 5.85. The smallest absolute Gasteiger partial charge is 0.239 e. The van der Waals surface area contributed by atoms with Crippen molar-refractivity contribution in [1.29, 1.82) is 0 Å². The molecule has 104 valence electrons. The van der Waals surface area contributed by atoms with Gasteiger partial charge < -0.3 is 16.4 Å². The number of nitrogens with two attached hydrogens (primary N) is 2. The number of amides is 1. The Balaban J connectivity index is 1.97. The van der Waals surface area contributed by atoms with Crippen molar-refractivity contribution in [3.63, 3.8) is 0 Å². The minimum absolute atomic E-state index is 0.301. The van der Waals surface area contributed by atoms with E-state index < -0.39 is 5.54 Å². The lowest BCUT2D eigenvalue weighted by molar-refractivity contribution is -0.124. The number of hydrogen-bond acceptors (Lipinski definition) is 4. The first-order valence-corrected chi connectivity index (χ1v) is 6.91. The quantitative estimate of drug-likeness (QED) is 0.700. The molecule has 1 saturated carbocycles. The van der Waals surface area contributed by atoms with Crippen LogP contribution in [-0.2, 0) is 4.79 Å². The second kappa shape index (κ2) is 5.15. The van der Waals surface area contributed by atoms with Gasteiger partial charge >= 0.3 is 0 Å². The number of carbonyl (C=O) groups is 1. The summed E-state index contributed by atoms with van der Waals surface area (Å²) in [6.45, 7) is 2.65. The number of hydrogen-bond donors (Lipinski definition) is 2. The first-order valence-electron chi connectivity index (χ1n) is 6.91. The van der Waals surface area contributed by atoms with E-state index >= 15 is 0 Å². The van der Waals surface area contributed by atoms with E-state index in [1.807, 2.05) is 0 Å². The van der Waals surface area contributed by atoms with E-state index in [4.69, 9.17) is 11.5 Å². The average Bonchev–Trinajstić information content (AvgIpc) is 3.13. The molecule has 2 unspecified atom stereocenters. The molecule has 5 nitrogen and oxygen atoms in total. The van der Waals surface area contributed by atoms with Gasteiger partial charge in [0.25, 0.3) is 0 Å². The fraction of sp³-hybridized carbons (Fsp3) is 0.923. The van der Waals surface area contributed by atoms with Crippen LogP contribution in [0.4, 0.5) is 0 Å². The first-order chi connectivity index (χ1) is 8.43. The maximum Gasteiger partial charge on any atom is 0.239 e. The lowest BCUT2D eigenvalue weighted by Crippen LogP contribution is -2.62. The Bertz CT molecular complexity index is 316. The summed E-state index contributed by atoms with van der Waals surface area (Å²) in [6, 6.07) is 0.565. The van der Waals surface area contributed by atoms with Crippen LogP contribution in [0.15, 0.2) is 0 Å². The monoisotopic (exact) mass is 254 g/mol. The third-order valence-electron chi connectivity index (χ3n) is 4.46. The number of carbonyl (C=O) groups excluding carboxylic acids is 1. The predicted molar refractivity (Wildman–Crippen MR) is 72.0 cm³/mol. The Morgan fingerprint density at radius 3 is 2.56 bits per heavy atom. The lowest BCUT2D eigenvalue weighted by atomic mass is 9.91. The van der Waals surface area contributed by atoms with Gasteiger partial charge in [-0.2, -0.15) is 0 Å². The van der Waals surface area contributed by atoms with Gasteiger partial charge in [0.1, 0.15) is 5.54 Å². The maximum absolute atomic E-state index is 11.7. The summed E-state index contributed by atoms with van der Waals surface area (Å²) in [7, 11) is 4.22. The van der Waals surface area contributed by atoms with Crippen LogP contribution < -0.4 is 11.5 Å². The third kappa shape index (κ3) is 2.84. The molecule has 0 radical (unpaired) electrons. The van der Waals surface area contributed by atoms with Gasteiger partial charge in [0.2, 0.25) is 5.91 Å². The number of likely N-dealkylation sites (tertiary alicyclic amines) is 1. The topological polar surface area (TPSA) is 75.6 Å². The SMILES string of the molecule is CN(C)C1CCCN(CC(N)(C(N)=O)C2CC2)C1. The van der Waals surface area contributed by atoms with Gasteiger partial charge in [-0.3, -0.25) is 9.69 Å². The van der Waals surface area contributed by atoms with Gasteiger partial charge in [0, 0.05) is 19.1 Å². The van der Waals surface area contributed by atoms with Crippen LogP contribution >= 0.6 is 0 Å². The molecule has 2 fully saturated rings. The molecule has 0 bridgehead atoms. The van der Waals surface area contributed by atoms with Crippen molar-refractivity contribution in [3.8, 4) is 0 Å². The molecule has 2 aliphatic rings. The fourth-order valence-corrected chi connectivity index (χ4v) is 2.97. The van der Waals surface area contributed by atoms with Gasteiger partial charge in [-0.15, -0.1) is 0 Å². The highest BCUT2D eigenvalue weighted by atomic mass is 16.1. The molecule has 2 rings (SSSR count). The number of likely N-dealkylation sites (N-methyl/N-ethyl adjacent to an activating group) is 1. The minimum atomic E-state index is -0.811. The number of nitrogens with zero attached hydrogens (tertiary/aromatic N) is 2. The van der Waals surface area contributed by atoms with E-state index in [-0.39, 0.29) is 5.91 Å². The zero-order chi connectivity index (χ0) is 13.3. The molecule has 1 aliphatic carbocycles. The molecule has 0 aromatic heterocycles. The summed E-state index contributed by atoms with van der Waals surface area (Å²) in [5.41, 5.74) is 11.0. The lowest BCUT2D eigenvalue weighted by Gasteiger charge is -2.40. The molecule has 0 aromatic carbocycles. The largest absolute Gasteiger partial charge is 0.368 e. The molecule has 1 aliphatic heterocycles. The Kier molecular flexibility index (Phi) is 3.94. The zero-order valence-corrected chi connectivity index (χ0v) is 11.6. The normalized spacial score (nSPS) is 29.2. The molecule has 1 amide bonds. The van der Waals surface area contributed by atoms with Crippen molar-refractivity contribution in [1.82, 2.24) is 9.80 Å². The van der Waals surface area contributed by atoms with Crippen molar-refractivity contribution in [3.05, 3.63) is 0 Å². The summed E-state index contributed by atoms with van der Waals surface area (Å²) in [6.07, 6.45) is 4.48. The van der Waals surface area contributed by atoms with E-state index in [0.717, 1.165) is 25.9 Å². The first kappa shape index (κ1) is 13.8. The number of rotatable bonds is 5. The summed E-state index contributed by atoms with van der Waals surface area (Å²) < 4.78 is 0. The predicted octanol–water partition coefficient (Wildman–Crippen LogP) is -0.395. The van der Waals surface area contributed by atoms with Crippen LogP contribution in [-0.4, -0.2) is 61.0 Å². The Hall–Kier alpha value is -0.650. The number of primary amides is 1. The van der Waals surface area contributed by atoms with E-state index in [9.17, 15) is 4.79 Å². The molecule has 0 spiro atoms. The Labute approximate surface area is 109 Å². The summed E-state index contributed by atoms with van der Waals surface area (Å²) in [5, 5.41) is 0. The van der Waals surface area contributed by atoms with Gasteiger partial charge in [0.15, 0.2) is 0 Å². The third-order valence-corrected chi connectivity index (χ3v) is 4.46. The van der Waals surface area contributed by atoms with Gasteiger partial charge in [-0.05, 0) is 52.2 Å². The van der Waals surface area contributed by atoms with Crippen LogP contribution in [0.3, 0.4) is 0 Å². The summed E-state index contributed by atoms with van der Waals surface area (Å²) in [5.74, 6) is -0.0355. The van der Waals surface area contributed by atoms with Crippen LogP contribution in [0.1, 0.15) is 25.7 Å². The van der Waals surface area contributed by atoms with E-state index in [1.165, 1.54) is 12.8 Å². The Morgan fingerprint density at radius 2 is 2.06 bits per heavy atom. The molecule has 1 heterocycles. The molecule has 0 aromatic rings. The van der Waals surface area contributed by atoms with Crippen LogP contribution in [0.2, 0.25) is 0 Å². The second-order valence-electron chi connectivity index (χ2n) is 6.17. The summed E-state index contributed by atoms with van der Waals surface area (Å²) >= 11 is 0. The molecule has 18 heavy (non-hydrogen) atoms. The molecule has 4 N–H and O–H groups in total. The van der Waals surface area contributed by atoms with E-state index in [1.54, 1.807) is 0 Å². The summed E-state index contributed by atoms with van der Waals surface area (Å²) in [4.78, 5) is 16.2. The van der Waals surface area contributed by atoms with Crippen molar-refractivity contribution < 1.29 is 4.79 Å². The van der Waals surface area contributed by atoms with Crippen LogP contribution in [0.5, 0.6) is 0 Å². The van der Waals surface area contributed by atoms with Crippen molar-refractivity contribution in [2.45, 2.75) is 37.3 Å². The molecule has 5 heteroatoms. The van der Waals surface area contributed by atoms with Crippen molar-refractivity contribution in [2.75, 3.05) is 33.7 Å².